The van der Waals surface area contributed by atoms with Gasteiger partial charge in [-0.25, -0.2) is 9.37 Å². The monoisotopic (exact) mass is 360 g/mol. The first kappa shape index (κ1) is 17.5. The van der Waals surface area contributed by atoms with E-state index in [0.29, 0.717) is 17.1 Å². The number of aromatic nitrogens is 2. The molecule has 1 unspecified atom stereocenters. The summed E-state index contributed by atoms with van der Waals surface area (Å²) in [6, 6.07) is 9.84. The summed E-state index contributed by atoms with van der Waals surface area (Å²) < 4.78 is 14.9. The molecule has 2 aromatic heterocycles. The van der Waals surface area contributed by atoms with E-state index in [-0.39, 0.29) is 11.4 Å². The SMILES string of the molecule is CC1CCCCc2nc3cc(C#Cc4cccc(F)c4)ccn3c(=O)c2C1. The summed E-state index contributed by atoms with van der Waals surface area (Å²) in [5.41, 5.74) is 3.82. The molecule has 0 saturated carbocycles. The lowest BCUT2D eigenvalue weighted by atomic mass is 9.90. The number of hydrogen-bond donors (Lipinski definition) is 0. The van der Waals surface area contributed by atoms with Gasteiger partial charge in [0.25, 0.3) is 5.56 Å². The van der Waals surface area contributed by atoms with Gasteiger partial charge in [0.15, 0.2) is 0 Å². The van der Waals surface area contributed by atoms with E-state index in [4.69, 9.17) is 4.98 Å². The van der Waals surface area contributed by atoms with Crippen molar-refractivity contribution < 1.29 is 4.39 Å². The van der Waals surface area contributed by atoms with Crippen LogP contribution < -0.4 is 5.56 Å². The van der Waals surface area contributed by atoms with Crippen molar-refractivity contribution >= 4 is 5.65 Å². The molecule has 27 heavy (non-hydrogen) atoms. The average molecular weight is 360 g/mol. The van der Waals surface area contributed by atoms with Gasteiger partial charge >= 0.3 is 0 Å². The van der Waals surface area contributed by atoms with Gasteiger partial charge in [-0.2, -0.15) is 0 Å². The number of pyridine rings is 1. The lowest BCUT2D eigenvalue weighted by molar-refractivity contribution is 0.474. The fourth-order valence-corrected chi connectivity index (χ4v) is 3.66. The molecule has 2 heterocycles. The number of aryl methyl sites for hydroxylation is 1. The Morgan fingerprint density at radius 3 is 2.78 bits per heavy atom. The zero-order valence-corrected chi connectivity index (χ0v) is 15.3. The number of nitrogens with zero attached hydrogens (tertiary/aromatic N) is 2. The van der Waals surface area contributed by atoms with E-state index in [1.807, 2.05) is 6.07 Å². The third-order valence-corrected chi connectivity index (χ3v) is 5.10. The first-order valence-electron chi connectivity index (χ1n) is 9.42. The Labute approximate surface area is 157 Å². The van der Waals surface area contributed by atoms with Crippen LogP contribution in [0.4, 0.5) is 4.39 Å². The van der Waals surface area contributed by atoms with E-state index in [2.05, 4.69) is 18.8 Å². The van der Waals surface area contributed by atoms with Crippen molar-refractivity contribution in [3.8, 4) is 11.8 Å². The summed E-state index contributed by atoms with van der Waals surface area (Å²) >= 11 is 0. The van der Waals surface area contributed by atoms with Crippen LogP contribution in [-0.4, -0.2) is 9.38 Å². The Bertz CT molecular complexity index is 1120. The molecule has 4 heteroatoms. The Morgan fingerprint density at radius 2 is 1.96 bits per heavy atom. The van der Waals surface area contributed by atoms with E-state index in [0.717, 1.165) is 42.5 Å². The number of benzene rings is 1. The molecule has 0 amide bonds. The quantitative estimate of drug-likeness (QED) is 0.565. The summed E-state index contributed by atoms with van der Waals surface area (Å²) in [6.07, 6.45) is 6.80. The van der Waals surface area contributed by atoms with Crippen molar-refractivity contribution in [1.29, 1.82) is 0 Å². The Morgan fingerprint density at radius 1 is 1.15 bits per heavy atom. The maximum absolute atomic E-state index is 13.3. The molecule has 0 spiro atoms. The minimum atomic E-state index is -0.304. The van der Waals surface area contributed by atoms with Crippen LogP contribution in [0.15, 0.2) is 47.4 Å². The van der Waals surface area contributed by atoms with Gasteiger partial charge in [0.1, 0.15) is 11.5 Å². The molecule has 0 fully saturated rings. The number of rotatable bonds is 0. The molecule has 3 nitrogen and oxygen atoms in total. The van der Waals surface area contributed by atoms with Crippen molar-refractivity contribution in [2.24, 2.45) is 5.92 Å². The molecule has 1 atom stereocenters. The van der Waals surface area contributed by atoms with Crippen LogP contribution in [0.3, 0.4) is 0 Å². The lowest BCUT2D eigenvalue weighted by Gasteiger charge is -2.18. The highest BCUT2D eigenvalue weighted by molar-refractivity contribution is 5.50. The molecule has 1 aliphatic rings. The number of fused-ring (bicyclic) bond motifs is 2. The molecule has 1 aromatic carbocycles. The maximum atomic E-state index is 13.3. The second kappa shape index (κ2) is 7.36. The first-order chi connectivity index (χ1) is 13.1. The summed E-state index contributed by atoms with van der Waals surface area (Å²) in [7, 11) is 0. The largest absolute Gasteiger partial charge is 0.269 e. The standard InChI is InChI=1S/C23H21FN2O/c1-16-5-2-3-8-21-20(13-16)23(27)26-12-11-18(15-22(26)25-21)10-9-17-6-4-7-19(24)14-17/h4,6-7,11-12,14-16H,2-3,5,8,13H2,1H3. The van der Waals surface area contributed by atoms with Crippen LogP contribution >= 0.6 is 0 Å². The van der Waals surface area contributed by atoms with Gasteiger partial charge < -0.3 is 0 Å². The Hall–Kier alpha value is -2.93. The second-order valence-electron chi connectivity index (χ2n) is 7.30. The van der Waals surface area contributed by atoms with E-state index in [1.165, 1.54) is 18.6 Å². The van der Waals surface area contributed by atoms with E-state index >= 15 is 0 Å². The maximum Gasteiger partial charge on any atom is 0.261 e. The van der Waals surface area contributed by atoms with E-state index < -0.39 is 0 Å². The highest BCUT2D eigenvalue weighted by Crippen LogP contribution is 2.21. The fraction of sp³-hybridized carbons (Fsp3) is 0.304. The van der Waals surface area contributed by atoms with Gasteiger partial charge in [0, 0.05) is 22.9 Å². The lowest BCUT2D eigenvalue weighted by Crippen LogP contribution is -2.25. The van der Waals surface area contributed by atoms with Crippen molar-refractivity contribution in [2.45, 2.75) is 39.0 Å². The molecule has 4 rings (SSSR count). The predicted molar refractivity (Wildman–Crippen MR) is 104 cm³/mol. The molecule has 0 bridgehead atoms. The van der Waals surface area contributed by atoms with Gasteiger partial charge in [0.2, 0.25) is 0 Å². The number of hydrogen-bond acceptors (Lipinski definition) is 2. The summed E-state index contributed by atoms with van der Waals surface area (Å²) in [5, 5.41) is 0. The molecule has 0 radical (unpaired) electrons. The zero-order chi connectivity index (χ0) is 18.8. The molecule has 136 valence electrons. The smallest absolute Gasteiger partial charge is 0.261 e. The molecular weight excluding hydrogens is 339 g/mol. The topological polar surface area (TPSA) is 34.4 Å². The average Bonchev–Trinajstić information content (AvgIpc) is 2.64. The van der Waals surface area contributed by atoms with Gasteiger partial charge in [-0.15, -0.1) is 0 Å². The summed E-state index contributed by atoms with van der Waals surface area (Å²) in [5.74, 6) is 6.20. The third-order valence-electron chi connectivity index (χ3n) is 5.10. The highest BCUT2D eigenvalue weighted by atomic mass is 19.1. The van der Waals surface area contributed by atoms with Gasteiger partial charge in [-0.3, -0.25) is 9.20 Å². The molecule has 3 aromatic rings. The van der Waals surface area contributed by atoms with E-state index in [9.17, 15) is 9.18 Å². The van der Waals surface area contributed by atoms with Gasteiger partial charge in [-0.1, -0.05) is 37.7 Å². The van der Waals surface area contributed by atoms with Crippen LogP contribution in [0.5, 0.6) is 0 Å². The molecule has 0 N–H and O–H groups in total. The van der Waals surface area contributed by atoms with Crippen LogP contribution in [0, 0.1) is 23.6 Å². The van der Waals surface area contributed by atoms with Gasteiger partial charge in [-0.05, 0) is 55.5 Å². The molecule has 1 aliphatic carbocycles. The van der Waals surface area contributed by atoms with Crippen molar-refractivity contribution in [3.63, 3.8) is 0 Å². The van der Waals surface area contributed by atoms with Crippen LogP contribution in [0.2, 0.25) is 0 Å². The molecule has 0 saturated heterocycles. The van der Waals surface area contributed by atoms with Crippen LogP contribution in [0.25, 0.3) is 5.65 Å². The van der Waals surface area contributed by atoms with Gasteiger partial charge in [0.05, 0.1) is 5.69 Å². The Kier molecular flexibility index (Phi) is 4.77. The summed E-state index contributed by atoms with van der Waals surface area (Å²) in [4.78, 5) is 17.7. The second-order valence-corrected chi connectivity index (χ2v) is 7.30. The van der Waals surface area contributed by atoms with Crippen molar-refractivity contribution in [3.05, 3.63) is 81.2 Å². The minimum Gasteiger partial charge on any atom is -0.269 e. The fourth-order valence-electron chi connectivity index (χ4n) is 3.66. The normalized spacial score (nSPS) is 16.7. The number of halogens is 1. The van der Waals surface area contributed by atoms with Crippen molar-refractivity contribution in [1.82, 2.24) is 9.38 Å². The van der Waals surface area contributed by atoms with E-state index in [1.54, 1.807) is 28.8 Å². The van der Waals surface area contributed by atoms with Crippen LogP contribution in [-0.2, 0) is 12.8 Å². The minimum absolute atomic E-state index is 0.0355. The van der Waals surface area contributed by atoms with Crippen LogP contribution in [0.1, 0.15) is 48.6 Å². The molecular formula is C23H21FN2O. The highest BCUT2D eigenvalue weighted by Gasteiger charge is 2.18. The Balaban J connectivity index is 1.76. The summed E-state index contributed by atoms with van der Waals surface area (Å²) in [6.45, 7) is 2.20. The van der Waals surface area contributed by atoms with Crippen molar-refractivity contribution in [2.75, 3.05) is 0 Å². The first-order valence-corrected chi connectivity index (χ1v) is 9.42. The molecule has 0 aliphatic heterocycles. The zero-order valence-electron chi connectivity index (χ0n) is 15.3. The third kappa shape index (κ3) is 3.78. The predicted octanol–water partition coefficient (Wildman–Crippen LogP) is 4.14.